The van der Waals surface area contributed by atoms with E-state index in [0.717, 1.165) is 0 Å². The van der Waals surface area contributed by atoms with Crippen molar-refractivity contribution in [2.45, 2.75) is 19.4 Å². The largest absolute Gasteiger partial charge is 0.507 e. The van der Waals surface area contributed by atoms with E-state index in [1.165, 1.54) is 12.0 Å². The number of hydrogen-bond donors (Lipinski definition) is 1. The van der Waals surface area contributed by atoms with Crippen LogP contribution in [-0.2, 0) is 14.3 Å². The Balaban J connectivity index is 2.13. The number of hydrogen-bond acceptors (Lipinski definition) is 6. The van der Waals surface area contributed by atoms with E-state index >= 15 is 0 Å². The third-order valence-electron chi connectivity index (χ3n) is 5.20. The first kappa shape index (κ1) is 23.8. The van der Waals surface area contributed by atoms with Crippen molar-refractivity contribution < 1.29 is 28.9 Å². The quantitative estimate of drug-likeness (QED) is 0.237. The maximum absolute atomic E-state index is 13.1. The van der Waals surface area contributed by atoms with Crippen molar-refractivity contribution in [1.29, 1.82) is 0 Å². The first-order valence-corrected chi connectivity index (χ1v) is 11.1. The minimum absolute atomic E-state index is 0.0399. The maximum Gasteiger partial charge on any atom is 0.295 e. The highest BCUT2D eigenvalue weighted by atomic mass is 79.9. The number of nitrogens with zero attached hydrogens (tertiary/aromatic N) is 1. The van der Waals surface area contributed by atoms with Crippen molar-refractivity contribution in [3.8, 4) is 11.5 Å². The fourth-order valence-electron chi connectivity index (χ4n) is 3.75. The number of likely N-dealkylation sites (tertiary alicyclic amines) is 1. The van der Waals surface area contributed by atoms with Gasteiger partial charge in [0.05, 0.1) is 29.8 Å². The second-order valence-corrected chi connectivity index (χ2v) is 8.05. The van der Waals surface area contributed by atoms with Crippen molar-refractivity contribution in [2.24, 2.45) is 0 Å². The summed E-state index contributed by atoms with van der Waals surface area (Å²) in [6.07, 6.45) is 0.555. The van der Waals surface area contributed by atoms with Gasteiger partial charge >= 0.3 is 0 Å². The van der Waals surface area contributed by atoms with Gasteiger partial charge in [-0.2, -0.15) is 0 Å². The lowest BCUT2D eigenvalue weighted by Gasteiger charge is -2.25. The van der Waals surface area contributed by atoms with Crippen molar-refractivity contribution in [1.82, 2.24) is 4.90 Å². The van der Waals surface area contributed by atoms with Crippen LogP contribution >= 0.6 is 15.9 Å². The van der Waals surface area contributed by atoms with Crippen LogP contribution in [0, 0.1) is 0 Å². The van der Waals surface area contributed by atoms with Crippen LogP contribution < -0.4 is 9.47 Å². The highest BCUT2D eigenvalue weighted by molar-refractivity contribution is 9.10. The predicted octanol–water partition coefficient (Wildman–Crippen LogP) is 4.31. The van der Waals surface area contributed by atoms with Gasteiger partial charge in [-0.1, -0.05) is 12.1 Å². The third-order valence-corrected chi connectivity index (χ3v) is 5.82. The average molecular weight is 504 g/mol. The van der Waals surface area contributed by atoms with Crippen LogP contribution in [0.15, 0.2) is 52.5 Å². The first-order valence-electron chi connectivity index (χ1n) is 10.3. The Labute approximate surface area is 195 Å². The molecule has 1 aliphatic heterocycles. The summed E-state index contributed by atoms with van der Waals surface area (Å²) in [6.45, 7) is 3.12. The fourth-order valence-corrected chi connectivity index (χ4v) is 4.29. The van der Waals surface area contributed by atoms with Crippen LogP contribution in [0.1, 0.15) is 30.5 Å². The van der Waals surface area contributed by atoms with Crippen molar-refractivity contribution >= 4 is 33.4 Å². The van der Waals surface area contributed by atoms with E-state index in [9.17, 15) is 14.7 Å². The third kappa shape index (κ3) is 4.81. The zero-order valence-corrected chi connectivity index (χ0v) is 19.8. The first-order chi connectivity index (χ1) is 15.4. The number of amides is 1. The van der Waals surface area contributed by atoms with Gasteiger partial charge in [0.15, 0.2) is 0 Å². The maximum atomic E-state index is 13.1. The molecule has 1 unspecified atom stereocenters. The molecule has 170 valence electrons. The van der Waals surface area contributed by atoms with Gasteiger partial charge in [-0.15, -0.1) is 0 Å². The Bertz CT molecular complexity index is 1030. The van der Waals surface area contributed by atoms with Crippen LogP contribution in [0.2, 0.25) is 0 Å². The number of carbonyl (C=O) groups is 2. The monoisotopic (exact) mass is 503 g/mol. The lowest BCUT2D eigenvalue weighted by atomic mass is 9.95. The summed E-state index contributed by atoms with van der Waals surface area (Å²) in [6, 6.07) is 11.5. The second-order valence-electron chi connectivity index (χ2n) is 7.19. The molecule has 2 aromatic rings. The van der Waals surface area contributed by atoms with Crippen molar-refractivity contribution in [3.63, 3.8) is 0 Å². The van der Waals surface area contributed by atoms with Crippen LogP contribution in [0.4, 0.5) is 0 Å². The lowest BCUT2D eigenvalue weighted by Crippen LogP contribution is -2.31. The smallest absolute Gasteiger partial charge is 0.295 e. The number of carbonyl (C=O) groups excluding carboxylic acids is 2. The summed E-state index contributed by atoms with van der Waals surface area (Å²) >= 11 is 3.40. The molecule has 8 heteroatoms. The highest BCUT2D eigenvalue weighted by Gasteiger charge is 2.45. The molecule has 0 spiro atoms. The molecule has 1 heterocycles. The second kappa shape index (κ2) is 10.7. The molecule has 32 heavy (non-hydrogen) atoms. The Morgan fingerprint density at radius 2 is 1.94 bits per heavy atom. The molecule has 1 fully saturated rings. The van der Waals surface area contributed by atoms with Gasteiger partial charge in [-0.3, -0.25) is 9.59 Å². The number of halogens is 1. The van der Waals surface area contributed by atoms with Gasteiger partial charge in [-0.05, 0) is 65.2 Å². The van der Waals surface area contributed by atoms with Crippen molar-refractivity contribution in [2.75, 3.05) is 34.0 Å². The Hall–Kier alpha value is -2.84. The summed E-state index contributed by atoms with van der Waals surface area (Å²) in [4.78, 5) is 27.5. The topological polar surface area (TPSA) is 85.3 Å². The molecular formula is C24H26BrNO6. The zero-order chi connectivity index (χ0) is 23.3. The molecule has 0 saturated carbocycles. The van der Waals surface area contributed by atoms with Gasteiger partial charge in [0.2, 0.25) is 0 Å². The molecule has 0 radical (unpaired) electrons. The summed E-state index contributed by atoms with van der Waals surface area (Å²) < 4.78 is 16.6. The number of rotatable bonds is 9. The van der Waals surface area contributed by atoms with Gasteiger partial charge < -0.3 is 24.2 Å². The molecule has 0 aliphatic carbocycles. The molecule has 1 amide bonds. The number of aliphatic hydroxyl groups is 1. The van der Waals surface area contributed by atoms with E-state index < -0.39 is 17.7 Å². The van der Waals surface area contributed by atoms with E-state index in [1.807, 2.05) is 19.1 Å². The molecular weight excluding hydrogens is 478 g/mol. The minimum atomic E-state index is -0.742. The highest BCUT2D eigenvalue weighted by Crippen LogP contribution is 2.41. The fraction of sp³-hybridized carbons (Fsp3) is 0.333. The van der Waals surface area contributed by atoms with Gasteiger partial charge in [0.25, 0.3) is 11.7 Å². The van der Waals surface area contributed by atoms with Gasteiger partial charge in [0, 0.05) is 25.8 Å². The number of methoxy groups -OCH3 is 2. The standard InChI is InChI=1S/C24H26BrNO6/c1-4-32-17-8-5-7-15(13-17)21-20(23(28)24(29)26(21)11-6-12-30-2)22(27)16-9-10-19(31-3)18(25)14-16/h5,7-10,13-14,21,27H,4,6,11-12H2,1-3H3/b22-20+. The Kier molecular flexibility index (Phi) is 7.93. The molecule has 1 aliphatic rings. The summed E-state index contributed by atoms with van der Waals surface area (Å²) in [5, 5.41) is 11.2. The number of aliphatic hydroxyl groups excluding tert-OH is 1. The van der Waals surface area contributed by atoms with E-state index in [1.54, 1.807) is 37.4 Å². The molecule has 7 nitrogen and oxygen atoms in total. The summed E-state index contributed by atoms with van der Waals surface area (Å²) in [7, 11) is 3.12. The average Bonchev–Trinajstić information content (AvgIpc) is 3.04. The van der Waals surface area contributed by atoms with Gasteiger partial charge in [-0.25, -0.2) is 0 Å². The zero-order valence-electron chi connectivity index (χ0n) is 18.3. The molecule has 0 bridgehead atoms. The normalized spacial score (nSPS) is 17.6. The molecule has 1 saturated heterocycles. The summed E-state index contributed by atoms with van der Waals surface area (Å²) in [5.74, 6) is -0.407. The lowest BCUT2D eigenvalue weighted by molar-refractivity contribution is -0.140. The van der Waals surface area contributed by atoms with E-state index in [0.29, 0.717) is 53.3 Å². The number of Topliss-reactive ketones (excluding diaryl/α,β-unsaturated/α-hetero) is 1. The Morgan fingerprint density at radius 1 is 1.16 bits per heavy atom. The van der Waals surface area contributed by atoms with Crippen molar-refractivity contribution in [3.05, 3.63) is 63.6 Å². The van der Waals surface area contributed by atoms with Crippen LogP contribution in [0.5, 0.6) is 11.5 Å². The Morgan fingerprint density at radius 3 is 2.59 bits per heavy atom. The molecule has 1 atom stereocenters. The van der Waals surface area contributed by atoms with Gasteiger partial charge in [0.1, 0.15) is 17.3 Å². The van der Waals surface area contributed by atoms with Crippen LogP contribution in [0.25, 0.3) is 5.76 Å². The predicted molar refractivity (Wildman–Crippen MR) is 124 cm³/mol. The molecule has 1 N–H and O–H groups in total. The number of ketones is 1. The SMILES string of the molecule is CCOc1cccc(C2/C(=C(\O)c3ccc(OC)c(Br)c3)C(=O)C(=O)N2CCCOC)c1. The molecule has 3 rings (SSSR count). The minimum Gasteiger partial charge on any atom is -0.507 e. The molecule has 0 aromatic heterocycles. The van der Waals surface area contributed by atoms with E-state index in [-0.39, 0.29) is 11.3 Å². The summed E-state index contributed by atoms with van der Waals surface area (Å²) in [5.41, 5.74) is 1.12. The number of benzene rings is 2. The van der Waals surface area contributed by atoms with Crippen LogP contribution in [0.3, 0.4) is 0 Å². The molecule has 2 aromatic carbocycles. The number of ether oxygens (including phenoxy) is 3. The van der Waals surface area contributed by atoms with E-state index in [2.05, 4.69) is 15.9 Å². The van der Waals surface area contributed by atoms with E-state index in [4.69, 9.17) is 14.2 Å². The van der Waals surface area contributed by atoms with Crippen LogP contribution in [-0.4, -0.2) is 55.7 Å².